The second-order valence-electron chi connectivity index (χ2n) is 6.37. The number of hydrogen-bond acceptors (Lipinski definition) is 6. The minimum absolute atomic E-state index is 0.0153. The highest BCUT2D eigenvalue weighted by Crippen LogP contribution is 2.41. The lowest BCUT2D eigenvalue weighted by Crippen LogP contribution is -2.24. The molecular formula is C21H17ClN2O7. The Hall–Kier alpha value is -3.98. The van der Waals surface area contributed by atoms with E-state index in [1.54, 1.807) is 0 Å². The minimum atomic E-state index is -1.63. The summed E-state index contributed by atoms with van der Waals surface area (Å²) in [5.74, 6) is -3.35. The lowest BCUT2D eigenvalue weighted by Gasteiger charge is -2.17. The number of methoxy groups -OCH3 is 1. The Morgan fingerprint density at radius 1 is 1.10 bits per heavy atom. The number of nitrogens with two attached hydrogens (primary N) is 1. The van der Waals surface area contributed by atoms with Gasteiger partial charge in [0.05, 0.1) is 12.1 Å². The second-order valence-corrected chi connectivity index (χ2v) is 6.77. The van der Waals surface area contributed by atoms with Crippen molar-refractivity contribution in [1.29, 1.82) is 0 Å². The first-order chi connectivity index (χ1) is 14.7. The number of aromatic carboxylic acids is 2. The van der Waals surface area contributed by atoms with Crippen LogP contribution in [0.3, 0.4) is 0 Å². The third-order valence-electron chi connectivity index (χ3n) is 4.42. The Bertz CT molecular complexity index is 1220. The number of pyridine rings is 1. The van der Waals surface area contributed by atoms with Gasteiger partial charge in [0, 0.05) is 5.56 Å². The van der Waals surface area contributed by atoms with Gasteiger partial charge in [0.1, 0.15) is 23.6 Å². The van der Waals surface area contributed by atoms with E-state index in [1.807, 2.05) is 35.3 Å². The van der Waals surface area contributed by atoms with Crippen LogP contribution in [0.15, 0.2) is 47.3 Å². The zero-order valence-corrected chi connectivity index (χ0v) is 16.9. The lowest BCUT2D eigenvalue weighted by molar-refractivity contribution is 0.0695. The van der Waals surface area contributed by atoms with E-state index >= 15 is 0 Å². The van der Waals surface area contributed by atoms with Crippen LogP contribution in [0.1, 0.15) is 26.3 Å². The smallest absolute Gasteiger partial charge is 0.342 e. The summed E-state index contributed by atoms with van der Waals surface area (Å²) in [4.78, 5) is 37.8. The number of hydrogen-bond donors (Lipinski definition) is 4. The molecule has 0 unspecified atom stereocenters. The van der Waals surface area contributed by atoms with E-state index in [1.165, 1.54) is 19.2 Å². The molecule has 0 amide bonds. The molecule has 1 heterocycles. The standard InChI is InChI=1S/C21H17ClN2O7/c1-30-13-8-11(7-12(22)17(13)31-9-10-5-3-2-4-6-10)14-15(20(26)27)18(23)24-19(25)16(14)21(28)29/h2-8H,9H2,1H3,(H,26,27)(H,28,29)(H3,23,24,25). The van der Waals surface area contributed by atoms with Crippen LogP contribution in [-0.2, 0) is 6.61 Å². The van der Waals surface area contributed by atoms with Crippen LogP contribution in [0, 0.1) is 0 Å². The Morgan fingerprint density at radius 2 is 1.74 bits per heavy atom. The van der Waals surface area contributed by atoms with E-state index in [-0.39, 0.29) is 28.7 Å². The van der Waals surface area contributed by atoms with Crippen molar-refractivity contribution < 1.29 is 29.3 Å². The molecule has 0 radical (unpaired) electrons. The average Bonchev–Trinajstić information content (AvgIpc) is 2.71. The number of rotatable bonds is 7. The number of anilines is 1. The fourth-order valence-corrected chi connectivity index (χ4v) is 3.33. The molecule has 0 aliphatic carbocycles. The molecule has 0 spiro atoms. The summed E-state index contributed by atoms with van der Waals surface area (Å²) in [6.07, 6.45) is 0. The van der Waals surface area contributed by atoms with E-state index in [4.69, 9.17) is 26.8 Å². The number of carboxylic acid groups (broad SMARTS) is 2. The molecule has 0 bridgehead atoms. The molecule has 5 N–H and O–H groups in total. The quantitative estimate of drug-likeness (QED) is 0.433. The van der Waals surface area contributed by atoms with Crippen molar-refractivity contribution in [2.24, 2.45) is 0 Å². The Morgan fingerprint density at radius 3 is 2.32 bits per heavy atom. The Labute approximate surface area is 180 Å². The molecule has 2 aromatic carbocycles. The van der Waals surface area contributed by atoms with Crippen LogP contribution in [0.4, 0.5) is 5.82 Å². The molecule has 3 aromatic rings. The highest BCUT2D eigenvalue weighted by molar-refractivity contribution is 6.32. The maximum Gasteiger partial charge on any atom is 0.342 e. The van der Waals surface area contributed by atoms with Crippen LogP contribution in [-0.4, -0.2) is 34.2 Å². The van der Waals surface area contributed by atoms with E-state index in [0.717, 1.165) is 5.56 Å². The van der Waals surface area contributed by atoms with Gasteiger partial charge in [-0.25, -0.2) is 9.59 Å². The Balaban J connectivity index is 2.19. The second kappa shape index (κ2) is 8.80. The number of halogens is 1. The van der Waals surface area contributed by atoms with E-state index in [0.29, 0.717) is 0 Å². The largest absolute Gasteiger partial charge is 0.493 e. The fourth-order valence-electron chi connectivity index (χ4n) is 3.07. The van der Waals surface area contributed by atoms with Gasteiger partial charge in [0.15, 0.2) is 11.5 Å². The maximum absolute atomic E-state index is 12.2. The number of carbonyl (C=O) groups is 2. The first-order valence-corrected chi connectivity index (χ1v) is 9.19. The van der Waals surface area contributed by atoms with Crippen molar-refractivity contribution in [3.05, 3.63) is 74.5 Å². The van der Waals surface area contributed by atoms with Gasteiger partial charge in [-0.15, -0.1) is 0 Å². The summed E-state index contributed by atoms with van der Waals surface area (Å²) >= 11 is 6.36. The third kappa shape index (κ3) is 4.31. The maximum atomic E-state index is 12.2. The van der Waals surface area contributed by atoms with Crippen LogP contribution in [0.2, 0.25) is 5.02 Å². The summed E-state index contributed by atoms with van der Waals surface area (Å²) in [5, 5.41) is 19.1. The summed E-state index contributed by atoms with van der Waals surface area (Å²) in [6, 6.07) is 11.9. The molecule has 0 aliphatic rings. The highest BCUT2D eigenvalue weighted by atomic mass is 35.5. The predicted octanol–water partition coefficient (Wildman–Crippen LogP) is 3.26. The number of carboxylic acids is 2. The highest BCUT2D eigenvalue weighted by Gasteiger charge is 2.28. The summed E-state index contributed by atoms with van der Waals surface area (Å²) in [5.41, 5.74) is 3.74. The number of aromatic nitrogens is 1. The van der Waals surface area contributed by atoms with E-state index in [9.17, 15) is 24.6 Å². The van der Waals surface area contributed by atoms with Crippen LogP contribution < -0.4 is 20.8 Å². The molecule has 0 aliphatic heterocycles. The van der Waals surface area contributed by atoms with Gasteiger partial charge in [-0.1, -0.05) is 41.9 Å². The number of nitrogens with one attached hydrogen (secondary N) is 1. The van der Waals surface area contributed by atoms with Gasteiger partial charge in [-0.3, -0.25) is 4.79 Å². The first kappa shape index (κ1) is 21.7. The molecular weight excluding hydrogens is 428 g/mol. The lowest BCUT2D eigenvalue weighted by atomic mass is 9.95. The van der Waals surface area contributed by atoms with Gasteiger partial charge in [-0.2, -0.15) is 0 Å². The molecule has 160 valence electrons. The predicted molar refractivity (Wildman–Crippen MR) is 113 cm³/mol. The summed E-state index contributed by atoms with van der Waals surface area (Å²) < 4.78 is 11.1. The van der Waals surface area contributed by atoms with Crippen LogP contribution in [0.25, 0.3) is 11.1 Å². The van der Waals surface area contributed by atoms with Crippen molar-refractivity contribution in [2.45, 2.75) is 6.61 Å². The zero-order chi connectivity index (χ0) is 22.7. The topological polar surface area (TPSA) is 152 Å². The van der Waals surface area contributed by atoms with E-state index < -0.39 is 40.0 Å². The third-order valence-corrected chi connectivity index (χ3v) is 4.70. The van der Waals surface area contributed by atoms with Gasteiger partial charge in [0.2, 0.25) is 0 Å². The van der Waals surface area contributed by atoms with Gasteiger partial charge >= 0.3 is 11.9 Å². The Kier molecular flexibility index (Phi) is 6.17. The van der Waals surface area contributed by atoms with Crippen molar-refractivity contribution in [2.75, 3.05) is 12.8 Å². The van der Waals surface area contributed by atoms with Crippen molar-refractivity contribution >= 4 is 29.4 Å². The van der Waals surface area contributed by atoms with Gasteiger partial charge < -0.3 is 30.4 Å². The number of aromatic amines is 1. The molecule has 0 fully saturated rings. The average molecular weight is 445 g/mol. The van der Waals surface area contributed by atoms with Crippen molar-refractivity contribution in [3.63, 3.8) is 0 Å². The van der Waals surface area contributed by atoms with E-state index in [2.05, 4.69) is 0 Å². The summed E-state index contributed by atoms with van der Waals surface area (Å²) in [6.45, 7) is 0.176. The molecule has 10 heteroatoms. The van der Waals surface area contributed by atoms with Crippen molar-refractivity contribution in [3.8, 4) is 22.6 Å². The molecule has 0 atom stereocenters. The zero-order valence-electron chi connectivity index (χ0n) is 16.1. The monoisotopic (exact) mass is 444 g/mol. The molecule has 1 aromatic heterocycles. The van der Waals surface area contributed by atoms with Crippen molar-refractivity contribution in [1.82, 2.24) is 4.98 Å². The number of H-pyrrole nitrogens is 1. The van der Waals surface area contributed by atoms with Gasteiger partial charge in [0.25, 0.3) is 5.56 Å². The first-order valence-electron chi connectivity index (χ1n) is 8.81. The fraction of sp³-hybridized carbons (Fsp3) is 0.0952. The SMILES string of the molecule is COc1cc(-c2c(C(=O)O)c(N)[nH]c(=O)c2C(=O)O)cc(Cl)c1OCc1ccccc1. The molecule has 31 heavy (non-hydrogen) atoms. The van der Waals surface area contributed by atoms with Gasteiger partial charge in [-0.05, 0) is 23.3 Å². The number of benzene rings is 2. The molecule has 3 rings (SSSR count). The summed E-state index contributed by atoms with van der Waals surface area (Å²) in [7, 11) is 1.34. The normalized spacial score (nSPS) is 10.5. The molecule has 0 saturated carbocycles. The molecule has 0 saturated heterocycles. The molecule has 9 nitrogen and oxygen atoms in total. The number of nitrogen functional groups attached to an aromatic ring is 1. The number of ether oxygens (including phenoxy) is 2. The minimum Gasteiger partial charge on any atom is -0.493 e. The van der Waals surface area contributed by atoms with Crippen LogP contribution in [0.5, 0.6) is 11.5 Å². The van der Waals surface area contributed by atoms with Crippen LogP contribution >= 0.6 is 11.6 Å².